The van der Waals surface area contributed by atoms with Gasteiger partial charge in [0.2, 0.25) is 24.6 Å². The lowest BCUT2D eigenvalue weighted by Gasteiger charge is -2.43. The zero-order valence-corrected chi connectivity index (χ0v) is 19.1. The molecule has 8 nitrogen and oxygen atoms in total. The van der Waals surface area contributed by atoms with Gasteiger partial charge in [-0.25, -0.2) is 16.8 Å². The summed E-state index contributed by atoms with van der Waals surface area (Å²) in [6, 6.07) is 11.7. The highest BCUT2D eigenvalue weighted by molar-refractivity contribution is 7.93. The molecule has 1 aliphatic heterocycles. The molecule has 0 spiro atoms. The zero-order valence-electron chi connectivity index (χ0n) is 17.4. The fourth-order valence-electron chi connectivity index (χ4n) is 3.64. The van der Waals surface area contributed by atoms with Crippen molar-refractivity contribution >= 4 is 19.7 Å². The number of aryl methyl sites for hydroxylation is 2. The lowest BCUT2D eigenvalue weighted by atomic mass is 10.0. The SMILES string of the molecule is CO[C@H]1CC[C@@](O)(S(=O)(=O)c2cccc(C)c2)[C@@H](C(O)S(=O)(=O)c2cccc(C)c2)O1. The minimum atomic E-state index is -4.51. The van der Waals surface area contributed by atoms with Gasteiger partial charge in [0.25, 0.3) is 0 Å². The van der Waals surface area contributed by atoms with Crippen molar-refractivity contribution in [1.82, 2.24) is 0 Å². The molecule has 2 aromatic rings. The lowest BCUT2D eigenvalue weighted by molar-refractivity contribution is -0.235. The first-order chi connectivity index (χ1) is 14.4. The van der Waals surface area contributed by atoms with Gasteiger partial charge >= 0.3 is 0 Å². The molecule has 0 aliphatic carbocycles. The Labute approximate surface area is 182 Å². The van der Waals surface area contributed by atoms with Crippen LogP contribution in [0.25, 0.3) is 0 Å². The van der Waals surface area contributed by atoms with Crippen LogP contribution in [0.2, 0.25) is 0 Å². The van der Waals surface area contributed by atoms with E-state index in [2.05, 4.69) is 0 Å². The molecule has 2 aromatic carbocycles. The summed E-state index contributed by atoms with van der Waals surface area (Å²) in [7, 11) is -7.67. The third-order valence-electron chi connectivity index (χ3n) is 5.40. The van der Waals surface area contributed by atoms with Gasteiger partial charge in [0.15, 0.2) is 11.7 Å². The highest BCUT2D eigenvalue weighted by atomic mass is 32.2. The molecule has 1 heterocycles. The van der Waals surface area contributed by atoms with Crippen molar-refractivity contribution in [2.45, 2.75) is 59.2 Å². The molecule has 0 bridgehead atoms. The van der Waals surface area contributed by atoms with Crippen LogP contribution >= 0.6 is 0 Å². The fraction of sp³-hybridized carbons (Fsp3) is 0.429. The quantitative estimate of drug-likeness (QED) is 0.653. The summed E-state index contributed by atoms with van der Waals surface area (Å²) in [4.78, 5) is -3.09. The van der Waals surface area contributed by atoms with Gasteiger partial charge in [-0.2, -0.15) is 0 Å². The largest absolute Gasteiger partial charge is 0.374 e. The molecule has 0 saturated carbocycles. The van der Waals surface area contributed by atoms with Gasteiger partial charge in [0.1, 0.15) is 6.10 Å². The summed E-state index contributed by atoms with van der Waals surface area (Å²) in [5.74, 6) is 0. The molecule has 170 valence electrons. The van der Waals surface area contributed by atoms with E-state index in [1.165, 1.54) is 43.5 Å². The van der Waals surface area contributed by atoms with Crippen molar-refractivity contribution in [2.24, 2.45) is 0 Å². The normalized spacial score (nSPS) is 25.8. The summed E-state index contributed by atoms with van der Waals surface area (Å²) >= 11 is 0. The van der Waals surface area contributed by atoms with E-state index in [1.54, 1.807) is 26.0 Å². The molecule has 0 radical (unpaired) electrons. The number of aliphatic hydroxyl groups excluding tert-OH is 1. The molecule has 2 N–H and O–H groups in total. The third-order valence-corrected chi connectivity index (χ3v) is 9.44. The Hall–Kier alpha value is -1.82. The van der Waals surface area contributed by atoms with Crippen molar-refractivity contribution in [3.05, 3.63) is 59.7 Å². The molecule has 4 atom stereocenters. The number of methoxy groups -OCH3 is 1. The van der Waals surface area contributed by atoms with E-state index >= 15 is 0 Å². The first-order valence-corrected chi connectivity index (χ1v) is 12.7. The summed E-state index contributed by atoms with van der Waals surface area (Å²) < 4.78 is 63.7. The average molecular weight is 471 g/mol. The molecule has 0 amide bonds. The van der Waals surface area contributed by atoms with Gasteiger partial charge in [-0.1, -0.05) is 24.3 Å². The van der Waals surface area contributed by atoms with Crippen molar-refractivity contribution in [3.63, 3.8) is 0 Å². The Morgan fingerprint density at radius 2 is 1.58 bits per heavy atom. The number of sulfone groups is 2. The lowest BCUT2D eigenvalue weighted by Crippen LogP contribution is -2.61. The van der Waals surface area contributed by atoms with Crippen LogP contribution in [0.3, 0.4) is 0 Å². The van der Waals surface area contributed by atoms with Crippen molar-refractivity contribution < 1.29 is 36.5 Å². The Morgan fingerprint density at radius 3 is 2.13 bits per heavy atom. The van der Waals surface area contributed by atoms with E-state index in [0.717, 1.165) is 0 Å². The minimum Gasteiger partial charge on any atom is -0.374 e. The number of benzene rings is 2. The fourth-order valence-corrected chi connectivity index (χ4v) is 7.12. The van der Waals surface area contributed by atoms with Gasteiger partial charge in [-0.3, -0.25) is 0 Å². The Bertz CT molecular complexity index is 1160. The van der Waals surface area contributed by atoms with Crippen LogP contribution in [0.5, 0.6) is 0 Å². The molecule has 1 fully saturated rings. The monoisotopic (exact) mass is 470 g/mol. The van der Waals surface area contributed by atoms with Crippen LogP contribution in [-0.2, 0) is 29.1 Å². The van der Waals surface area contributed by atoms with Gasteiger partial charge in [-0.05, 0) is 55.7 Å². The maximum Gasteiger partial charge on any atom is 0.210 e. The molecular formula is C21H26O8S2. The highest BCUT2D eigenvalue weighted by Gasteiger charge is 2.59. The van der Waals surface area contributed by atoms with E-state index < -0.39 is 42.4 Å². The number of aliphatic hydroxyl groups is 2. The van der Waals surface area contributed by atoms with Gasteiger partial charge in [0.05, 0.1) is 9.79 Å². The van der Waals surface area contributed by atoms with E-state index in [-0.39, 0.29) is 22.6 Å². The summed E-state index contributed by atoms with van der Waals surface area (Å²) in [5, 5.41) is 22.2. The molecule has 1 saturated heterocycles. The van der Waals surface area contributed by atoms with Crippen LogP contribution in [0.15, 0.2) is 58.3 Å². The van der Waals surface area contributed by atoms with Crippen LogP contribution in [-0.4, -0.2) is 56.9 Å². The molecule has 31 heavy (non-hydrogen) atoms. The van der Waals surface area contributed by atoms with E-state index in [0.29, 0.717) is 11.1 Å². The number of hydrogen-bond acceptors (Lipinski definition) is 8. The number of ether oxygens (including phenoxy) is 2. The van der Waals surface area contributed by atoms with Gasteiger partial charge in [0, 0.05) is 13.5 Å². The second kappa shape index (κ2) is 8.61. The van der Waals surface area contributed by atoms with E-state index in [9.17, 15) is 27.0 Å². The second-order valence-electron chi connectivity index (χ2n) is 7.68. The smallest absolute Gasteiger partial charge is 0.210 e. The first-order valence-electron chi connectivity index (χ1n) is 9.64. The Morgan fingerprint density at radius 1 is 1.03 bits per heavy atom. The maximum atomic E-state index is 13.4. The van der Waals surface area contributed by atoms with Crippen LogP contribution < -0.4 is 0 Å². The maximum absolute atomic E-state index is 13.4. The molecular weight excluding hydrogens is 444 g/mol. The first kappa shape index (κ1) is 23.8. The topological polar surface area (TPSA) is 127 Å². The van der Waals surface area contributed by atoms with Crippen molar-refractivity contribution in [3.8, 4) is 0 Å². The van der Waals surface area contributed by atoms with Crippen LogP contribution in [0, 0.1) is 13.8 Å². The van der Waals surface area contributed by atoms with E-state index in [1.807, 2.05) is 0 Å². The second-order valence-corrected chi connectivity index (χ2v) is 11.9. The molecule has 1 unspecified atom stereocenters. The molecule has 1 aliphatic rings. The molecule has 10 heteroatoms. The third kappa shape index (κ3) is 4.28. The van der Waals surface area contributed by atoms with Crippen LogP contribution in [0.1, 0.15) is 24.0 Å². The predicted molar refractivity (Wildman–Crippen MR) is 113 cm³/mol. The summed E-state index contributed by atoms with van der Waals surface area (Å²) in [6.07, 6.45) is -3.37. The summed E-state index contributed by atoms with van der Waals surface area (Å²) in [5.41, 5.74) is -1.08. The van der Waals surface area contributed by atoms with Crippen molar-refractivity contribution in [1.29, 1.82) is 0 Å². The van der Waals surface area contributed by atoms with Crippen molar-refractivity contribution in [2.75, 3.05) is 7.11 Å². The number of rotatable bonds is 6. The summed E-state index contributed by atoms with van der Waals surface area (Å²) in [6.45, 7) is 3.37. The molecule has 3 rings (SSSR count). The zero-order chi connectivity index (χ0) is 23.0. The van der Waals surface area contributed by atoms with Crippen LogP contribution in [0.4, 0.5) is 0 Å². The Balaban J connectivity index is 2.11. The molecule has 0 aromatic heterocycles. The number of hydrogen-bond donors (Lipinski definition) is 2. The minimum absolute atomic E-state index is 0.00818. The highest BCUT2D eigenvalue weighted by Crippen LogP contribution is 2.41. The van der Waals surface area contributed by atoms with Gasteiger partial charge in [-0.15, -0.1) is 0 Å². The van der Waals surface area contributed by atoms with E-state index in [4.69, 9.17) is 9.47 Å². The average Bonchev–Trinajstić information content (AvgIpc) is 2.73. The predicted octanol–water partition coefficient (Wildman–Crippen LogP) is 1.71. The standard InChI is InChI=1S/C21H26O8S2/c1-14-6-4-8-16(12-14)30(24,25)20(22)19-21(23,11-10-18(28-3)29-19)31(26,27)17-9-5-7-15(2)13-17/h4-9,12-13,18-20,22-23H,10-11H2,1-3H3/t18-,19-,20?,21-/m1/s1. The van der Waals surface area contributed by atoms with Gasteiger partial charge < -0.3 is 19.7 Å². The Kier molecular flexibility index (Phi) is 6.62.